The molecule has 3 aliphatic rings. The highest BCUT2D eigenvalue weighted by atomic mass is 16.5. The number of aliphatic hydroxyl groups is 1. The first-order chi connectivity index (χ1) is 16.3. The van der Waals surface area contributed by atoms with Gasteiger partial charge < -0.3 is 25.4 Å². The van der Waals surface area contributed by atoms with Gasteiger partial charge in [-0.05, 0) is 69.6 Å². The molecule has 0 aliphatic carbocycles. The highest BCUT2D eigenvalue weighted by Gasteiger charge is 2.74. The van der Waals surface area contributed by atoms with Crippen LogP contribution in [0.25, 0.3) is 0 Å². The number of amides is 3. The van der Waals surface area contributed by atoms with E-state index in [0.29, 0.717) is 38.8 Å². The predicted octanol–water partition coefficient (Wildman–Crippen LogP) is 2.31. The summed E-state index contributed by atoms with van der Waals surface area (Å²) in [5, 5.41) is 15.1. The third-order valence-electron chi connectivity index (χ3n) is 7.61. The fourth-order valence-corrected chi connectivity index (χ4v) is 6.00. The number of aryl methyl sites for hydroxylation is 2. The number of hydrogen-bond acceptors (Lipinski definition) is 5. The Morgan fingerprint density at radius 1 is 1.21 bits per heavy atom. The van der Waals surface area contributed by atoms with E-state index in [-0.39, 0.29) is 30.4 Å². The zero-order valence-corrected chi connectivity index (χ0v) is 20.4. The number of carbonyl (C=O) groups excluding carboxylic acids is 3. The van der Waals surface area contributed by atoms with E-state index < -0.39 is 23.5 Å². The van der Waals surface area contributed by atoms with Gasteiger partial charge in [0.2, 0.25) is 17.7 Å². The standard InChI is InChI=1S/C26H37N3O5/c1-4-12-27-23(31)20-19-10-11-26(34-19)21(20)25(33)29(13-6-5-7-14-30)22(26)24(32)28-18-15-16(2)8-9-17(18)3/h8-9,15,19-22,30H,4-7,10-14H2,1-3H3,(H,27,31)(H,28,32)/t19-,20+,21+,22?,26?/m1/s1. The molecular weight excluding hydrogens is 434 g/mol. The predicted molar refractivity (Wildman–Crippen MR) is 128 cm³/mol. The van der Waals surface area contributed by atoms with Crippen molar-refractivity contribution in [2.45, 2.75) is 77.0 Å². The Kier molecular flexibility index (Phi) is 7.28. The van der Waals surface area contributed by atoms with E-state index in [1.807, 2.05) is 39.0 Å². The van der Waals surface area contributed by atoms with Gasteiger partial charge in [-0.25, -0.2) is 0 Å². The van der Waals surface area contributed by atoms with Gasteiger partial charge in [0.05, 0.1) is 17.9 Å². The maximum absolute atomic E-state index is 13.8. The van der Waals surface area contributed by atoms with E-state index in [4.69, 9.17) is 9.84 Å². The smallest absolute Gasteiger partial charge is 0.250 e. The van der Waals surface area contributed by atoms with E-state index in [1.54, 1.807) is 4.90 Å². The van der Waals surface area contributed by atoms with Gasteiger partial charge >= 0.3 is 0 Å². The number of unbranched alkanes of at least 4 members (excludes halogenated alkanes) is 2. The van der Waals surface area contributed by atoms with Gasteiger partial charge in [0.15, 0.2) is 0 Å². The molecule has 3 N–H and O–H groups in total. The summed E-state index contributed by atoms with van der Waals surface area (Å²) in [5.74, 6) is -1.78. The van der Waals surface area contributed by atoms with Gasteiger partial charge in [0.1, 0.15) is 11.6 Å². The van der Waals surface area contributed by atoms with Crippen molar-refractivity contribution < 1.29 is 24.2 Å². The van der Waals surface area contributed by atoms with Crippen LogP contribution in [-0.2, 0) is 19.1 Å². The van der Waals surface area contributed by atoms with Crippen molar-refractivity contribution in [2.75, 3.05) is 25.0 Å². The molecule has 0 saturated carbocycles. The second-order valence-corrected chi connectivity index (χ2v) is 9.97. The normalized spacial score (nSPS) is 29.4. The fraction of sp³-hybridized carbons (Fsp3) is 0.654. The first kappa shape index (κ1) is 24.7. The molecule has 186 valence electrons. The van der Waals surface area contributed by atoms with E-state index in [9.17, 15) is 14.4 Å². The maximum Gasteiger partial charge on any atom is 0.250 e. The summed E-state index contributed by atoms with van der Waals surface area (Å²) in [7, 11) is 0. The first-order valence-corrected chi connectivity index (χ1v) is 12.6. The molecule has 1 aromatic carbocycles. The Bertz CT molecular complexity index is 950. The van der Waals surface area contributed by atoms with Crippen LogP contribution >= 0.6 is 0 Å². The lowest BCUT2D eigenvalue weighted by Crippen LogP contribution is -2.53. The SMILES string of the molecule is CCCNC(=O)[C@@H]1[C@H]2C(=O)N(CCCCCO)C(C(=O)Nc3cc(C)ccc3C)C23CC[C@H]1O3. The van der Waals surface area contributed by atoms with Crippen molar-refractivity contribution in [2.24, 2.45) is 11.8 Å². The number of rotatable bonds is 10. The molecule has 34 heavy (non-hydrogen) atoms. The largest absolute Gasteiger partial charge is 0.396 e. The Balaban J connectivity index is 1.64. The van der Waals surface area contributed by atoms with Crippen LogP contribution in [0.3, 0.4) is 0 Å². The van der Waals surface area contributed by atoms with Crippen molar-refractivity contribution >= 4 is 23.4 Å². The number of carbonyl (C=O) groups is 3. The summed E-state index contributed by atoms with van der Waals surface area (Å²) < 4.78 is 6.43. The van der Waals surface area contributed by atoms with Gasteiger partial charge in [0.25, 0.3) is 0 Å². The van der Waals surface area contributed by atoms with Crippen molar-refractivity contribution in [3.05, 3.63) is 29.3 Å². The number of anilines is 1. The lowest BCUT2D eigenvalue weighted by Gasteiger charge is -2.33. The summed E-state index contributed by atoms with van der Waals surface area (Å²) in [6.45, 7) is 6.95. The van der Waals surface area contributed by atoms with Gasteiger partial charge in [-0.15, -0.1) is 0 Å². The molecule has 2 unspecified atom stereocenters. The highest BCUT2D eigenvalue weighted by molar-refractivity contribution is 6.03. The van der Waals surface area contributed by atoms with Crippen molar-refractivity contribution in [1.82, 2.24) is 10.2 Å². The molecule has 3 amide bonds. The summed E-state index contributed by atoms with van der Waals surface area (Å²) in [4.78, 5) is 42.2. The fourth-order valence-electron chi connectivity index (χ4n) is 6.00. The Morgan fingerprint density at radius 2 is 2.00 bits per heavy atom. The van der Waals surface area contributed by atoms with Crippen LogP contribution in [0.1, 0.15) is 56.6 Å². The van der Waals surface area contributed by atoms with Crippen LogP contribution in [0.4, 0.5) is 5.69 Å². The van der Waals surface area contributed by atoms with Gasteiger partial charge in [-0.1, -0.05) is 19.1 Å². The molecule has 3 saturated heterocycles. The summed E-state index contributed by atoms with van der Waals surface area (Å²) in [6, 6.07) is 5.10. The van der Waals surface area contributed by atoms with Crippen molar-refractivity contribution in [3.8, 4) is 0 Å². The lowest BCUT2D eigenvalue weighted by molar-refractivity contribution is -0.140. The number of nitrogens with zero attached hydrogens (tertiary/aromatic N) is 1. The topological polar surface area (TPSA) is 108 Å². The van der Waals surface area contributed by atoms with Crippen LogP contribution in [0.2, 0.25) is 0 Å². The van der Waals surface area contributed by atoms with Crippen LogP contribution in [0, 0.1) is 25.7 Å². The summed E-state index contributed by atoms with van der Waals surface area (Å²) in [5.41, 5.74) is 1.72. The monoisotopic (exact) mass is 471 g/mol. The second-order valence-electron chi connectivity index (χ2n) is 9.97. The van der Waals surface area contributed by atoms with Crippen LogP contribution in [0.5, 0.6) is 0 Å². The molecular formula is C26H37N3O5. The van der Waals surface area contributed by atoms with Crippen molar-refractivity contribution in [3.63, 3.8) is 0 Å². The minimum atomic E-state index is -0.977. The zero-order valence-electron chi connectivity index (χ0n) is 20.4. The van der Waals surface area contributed by atoms with E-state index in [0.717, 1.165) is 29.7 Å². The molecule has 0 radical (unpaired) electrons. The van der Waals surface area contributed by atoms with Crippen molar-refractivity contribution in [1.29, 1.82) is 0 Å². The summed E-state index contributed by atoms with van der Waals surface area (Å²) in [6.07, 6.45) is 3.82. The molecule has 8 nitrogen and oxygen atoms in total. The van der Waals surface area contributed by atoms with Gasteiger partial charge in [-0.3, -0.25) is 14.4 Å². The molecule has 2 bridgehead atoms. The number of hydrogen-bond donors (Lipinski definition) is 3. The average molecular weight is 472 g/mol. The molecule has 3 aliphatic heterocycles. The van der Waals surface area contributed by atoms with Gasteiger partial charge in [-0.2, -0.15) is 0 Å². The Labute approximate surface area is 201 Å². The first-order valence-electron chi connectivity index (χ1n) is 12.6. The molecule has 3 fully saturated rings. The van der Waals surface area contributed by atoms with Crippen LogP contribution < -0.4 is 10.6 Å². The molecule has 4 rings (SSSR count). The maximum atomic E-state index is 13.8. The molecule has 5 atom stereocenters. The molecule has 8 heteroatoms. The van der Waals surface area contributed by atoms with Crippen LogP contribution in [-0.4, -0.2) is 65.2 Å². The minimum Gasteiger partial charge on any atom is -0.396 e. The number of fused-ring (bicyclic) bond motifs is 1. The van der Waals surface area contributed by atoms with E-state index in [2.05, 4.69) is 10.6 Å². The van der Waals surface area contributed by atoms with Gasteiger partial charge in [0, 0.05) is 25.4 Å². The van der Waals surface area contributed by atoms with Crippen LogP contribution in [0.15, 0.2) is 18.2 Å². The minimum absolute atomic E-state index is 0.0987. The molecule has 0 aromatic heterocycles. The third kappa shape index (κ3) is 4.22. The molecule has 3 heterocycles. The number of aliphatic hydroxyl groups excluding tert-OH is 1. The molecule has 1 spiro atoms. The summed E-state index contributed by atoms with van der Waals surface area (Å²) >= 11 is 0. The number of benzene rings is 1. The number of ether oxygens (including phenoxy) is 1. The Morgan fingerprint density at radius 3 is 2.74 bits per heavy atom. The number of likely N-dealkylation sites (tertiary alicyclic amines) is 1. The zero-order chi connectivity index (χ0) is 24.5. The number of nitrogens with one attached hydrogen (secondary N) is 2. The van der Waals surface area contributed by atoms with E-state index in [1.165, 1.54) is 0 Å². The van der Waals surface area contributed by atoms with E-state index >= 15 is 0 Å². The quantitative estimate of drug-likeness (QED) is 0.454. The lowest BCUT2D eigenvalue weighted by atomic mass is 9.70. The Hall–Kier alpha value is -2.45. The third-order valence-corrected chi connectivity index (χ3v) is 7.61. The highest BCUT2D eigenvalue weighted by Crippen LogP contribution is 2.58. The second kappa shape index (κ2) is 10.0. The molecule has 1 aromatic rings. The average Bonchev–Trinajstić information content (AvgIpc) is 3.45.